The van der Waals surface area contributed by atoms with Gasteiger partial charge in [-0.2, -0.15) is 0 Å². The quantitative estimate of drug-likeness (QED) is 0.612. The molecule has 0 saturated carbocycles. The van der Waals surface area contributed by atoms with Gasteiger partial charge in [-0.1, -0.05) is 24.3 Å². The summed E-state index contributed by atoms with van der Waals surface area (Å²) in [6.07, 6.45) is 1.82. The Balaban J connectivity index is 1.59. The molecular weight excluding hydrogens is 408 g/mol. The molecule has 32 heavy (non-hydrogen) atoms. The van der Waals surface area contributed by atoms with Crippen molar-refractivity contribution in [1.82, 2.24) is 14.5 Å². The van der Waals surface area contributed by atoms with Crippen LogP contribution < -0.4 is 16.1 Å². The number of nitrogens with one attached hydrogen (secondary N) is 1. The third-order valence-electron chi connectivity index (χ3n) is 5.81. The van der Waals surface area contributed by atoms with Crippen molar-refractivity contribution in [3.63, 3.8) is 0 Å². The van der Waals surface area contributed by atoms with E-state index in [1.807, 2.05) is 43.3 Å². The Morgan fingerprint density at radius 2 is 1.88 bits per heavy atom. The average Bonchev–Trinajstić information content (AvgIpc) is 3.29. The minimum Gasteiger partial charge on any atom is -0.378 e. The van der Waals surface area contributed by atoms with Gasteiger partial charge in [-0.25, -0.2) is 4.79 Å². The molecule has 2 heterocycles. The first-order valence-corrected chi connectivity index (χ1v) is 10.8. The standard InChI is InChI=1S/C24H28N4O4/c1-26(2)18-11-9-17(10-12-18)14-27(15-19-6-5-13-32-19)22(29)16-28-23(30)20-7-3-4-8-21(20)25-24(28)31/h3-4,7-12,19H,5-6,13-16H2,1-2H3,(H,25,31). The molecule has 1 aromatic heterocycles. The Hall–Kier alpha value is -3.39. The van der Waals surface area contributed by atoms with Gasteiger partial charge in [-0.05, 0) is 42.7 Å². The van der Waals surface area contributed by atoms with Crippen molar-refractivity contribution in [3.05, 3.63) is 74.9 Å². The molecule has 1 aliphatic heterocycles. The summed E-state index contributed by atoms with van der Waals surface area (Å²) in [5, 5.41) is 0.379. The number of anilines is 1. The van der Waals surface area contributed by atoms with E-state index in [2.05, 4.69) is 4.98 Å². The van der Waals surface area contributed by atoms with E-state index in [4.69, 9.17) is 4.74 Å². The third-order valence-corrected chi connectivity index (χ3v) is 5.81. The van der Waals surface area contributed by atoms with Crippen molar-refractivity contribution < 1.29 is 9.53 Å². The number of H-pyrrole nitrogens is 1. The van der Waals surface area contributed by atoms with Crippen LogP contribution in [0.3, 0.4) is 0 Å². The van der Waals surface area contributed by atoms with Gasteiger partial charge in [0.05, 0.1) is 17.0 Å². The Bertz CT molecular complexity index is 1210. The number of amides is 1. The summed E-state index contributed by atoms with van der Waals surface area (Å²) < 4.78 is 6.71. The molecule has 0 aliphatic carbocycles. The number of nitrogens with zero attached hydrogens (tertiary/aromatic N) is 3. The molecule has 8 nitrogen and oxygen atoms in total. The number of hydrogen-bond donors (Lipinski definition) is 1. The molecule has 4 rings (SSSR count). The highest BCUT2D eigenvalue weighted by Crippen LogP contribution is 2.17. The summed E-state index contributed by atoms with van der Waals surface area (Å²) in [5.74, 6) is -0.292. The molecule has 1 atom stereocenters. The van der Waals surface area contributed by atoms with Crippen LogP contribution >= 0.6 is 0 Å². The highest BCUT2D eigenvalue weighted by molar-refractivity contribution is 5.79. The van der Waals surface area contributed by atoms with Crippen molar-refractivity contribution in [3.8, 4) is 0 Å². The summed E-state index contributed by atoms with van der Waals surface area (Å²) in [4.78, 5) is 45.0. The van der Waals surface area contributed by atoms with Crippen molar-refractivity contribution in [2.45, 2.75) is 32.0 Å². The van der Waals surface area contributed by atoms with Gasteiger partial charge in [0.15, 0.2) is 0 Å². The normalized spacial score (nSPS) is 15.8. The number of aromatic nitrogens is 2. The van der Waals surface area contributed by atoms with Gasteiger partial charge in [-0.15, -0.1) is 0 Å². The predicted octanol–water partition coefficient (Wildman–Crippen LogP) is 1.96. The second-order valence-corrected chi connectivity index (χ2v) is 8.34. The van der Waals surface area contributed by atoms with E-state index in [0.717, 1.165) is 28.7 Å². The zero-order chi connectivity index (χ0) is 22.7. The van der Waals surface area contributed by atoms with Gasteiger partial charge < -0.3 is 19.5 Å². The number of benzene rings is 2. The molecule has 2 aromatic carbocycles. The lowest BCUT2D eigenvalue weighted by molar-refractivity contribution is -0.134. The Morgan fingerprint density at radius 3 is 2.56 bits per heavy atom. The maximum Gasteiger partial charge on any atom is 0.329 e. The maximum atomic E-state index is 13.3. The fourth-order valence-electron chi connectivity index (χ4n) is 3.99. The van der Waals surface area contributed by atoms with Crippen molar-refractivity contribution in [1.29, 1.82) is 0 Å². The van der Waals surface area contributed by atoms with Crippen LogP contribution in [0.2, 0.25) is 0 Å². The number of ether oxygens (including phenoxy) is 1. The lowest BCUT2D eigenvalue weighted by atomic mass is 10.1. The first kappa shape index (κ1) is 21.8. The number of aromatic amines is 1. The average molecular weight is 437 g/mol. The van der Waals surface area contributed by atoms with Gasteiger partial charge in [0.2, 0.25) is 5.91 Å². The minimum absolute atomic E-state index is 0.0355. The van der Waals surface area contributed by atoms with Crippen LogP contribution in [0.1, 0.15) is 18.4 Å². The molecule has 3 aromatic rings. The van der Waals surface area contributed by atoms with Gasteiger partial charge in [-0.3, -0.25) is 14.2 Å². The van der Waals surface area contributed by atoms with E-state index in [-0.39, 0.29) is 18.6 Å². The van der Waals surface area contributed by atoms with E-state index in [9.17, 15) is 14.4 Å². The lowest BCUT2D eigenvalue weighted by Gasteiger charge is -2.26. The molecule has 0 spiro atoms. The molecule has 1 aliphatic rings. The molecule has 1 amide bonds. The number of para-hydroxylation sites is 1. The maximum absolute atomic E-state index is 13.3. The monoisotopic (exact) mass is 436 g/mol. The van der Waals surface area contributed by atoms with Crippen LogP contribution in [0.4, 0.5) is 5.69 Å². The predicted molar refractivity (Wildman–Crippen MR) is 124 cm³/mol. The second-order valence-electron chi connectivity index (χ2n) is 8.34. The van der Waals surface area contributed by atoms with Gasteiger partial charge in [0.1, 0.15) is 6.54 Å². The van der Waals surface area contributed by atoms with Crippen LogP contribution in [0.5, 0.6) is 0 Å². The first-order valence-electron chi connectivity index (χ1n) is 10.8. The summed E-state index contributed by atoms with van der Waals surface area (Å²) >= 11 is 0. The second kappa shape index (κ2) is 9.40. The lowest BCUT2D eigenvalue weighted by Crippen LogP contribution is -2.44. The summed E-state index contributed by atoms with van der Waals surface area (Å²) in [7, 11) is 3.95. The summed E-state index contributed by atoms with van der Waals surface area (Å²) in [5.41, 5.74) is 1.45. The minimum atomic E-state index is -0.588. The summed E-state index contributed by atoms with van der Waals surface area (Å²) in [6, 6.07) is 14.8. The van der Waals surface area contributed by atoms with Gasteiger partial charge in [0.25, 0.3) is 5.56 Å². The molecule has 1 unspecified atom stereocenters. The summed E-state index contributed by atoms with van der Waals surface area (Å²) in [6.45, 7) is 1.18. The third kappa shape index (κ3) is 4.75. The Morgan fingerprint density at radius 1 is 1.12 bits per heavy atom. The number of fused-ring (bicyclic) bond motifs is 1. The molecule has 1 N–H and O–H groups in total. The highest BCUT2D eigenvalue weighted by atomic mass is 16.5. The Kier molecular flexibility index (Phi) is 6.41. The van der Waals surface area contributed by atoms with E-state index >= 15 is 0 Å². The van der Waals surface area contributed by atoms with Crippen LogP contribution in [-0.4, -0.2) is 53.7 Å². The zero-order valence-electron chi connectivity index (χ0n) is 18.4. The van der Waals surface area contributed by atoms with E-state index in [0.29, 0.717) is 30.6 Å². The van der Waals surface area contributed by atoms with E-state index in [1.54, 1.807) is 29.2 Å². The van der Waals surface area contributed by atoms with E-state index < -0.39 is 11.2 Å². The SMILES string of the molecule is CN(C)c1ccc(CN(CC2CCCO2)C(=O)Cn2c(=O)[nH]c3ccccc3c2=O)cc1. The van der Waals surface area contributed by atoms with Crippen LogP contribution in [-0.2, 0) is 22.6 Å². The number of rotatable bonds is 7. The smallest absolute Gasteiger partial charge is 0.329 e. The molecular formula is C24H28N4O4. The van der Waals surface area contributed by atoms with Crippen LogP contribution in [0.15, 0.2) is 58.1 Å². The van der Waals surface area contributed by atoms with Crippen LogP contribution in [0, 0.1) is 0 Å². The fraction of sp³-hybridized carbons (Fsp3) is 0.375. The molecule has 8 heteroatoms. The van der Waals surface area contributed by atoms with Crippen molar-refractivity contribution in [2.24, 2.45) is 0 Å². The largest absolute Gasteiger partial charge is 0.378 e. The molecule has 1 fully saturated rings. The molecule has 168 valence electrons. The topological polar surface area (TPSA) is 87.6 Å². The molecule has 1 saturated heterocycles. The van der Waals surface area contributed by atoms with E-state index in [1.165, 1.54) is 0 Å². The number of hydrogen-bond acceptors (Lipinski definition) is 5. The fourth-order valence-corrected chi connectivity index (χ4v) is 3.99. The first-order chi connectivity index (χ1) is 15.4. The van der Waals surface area contributed by atoms with Gasteiger partial charge >= 0.3 is 5.69 Å². The number of carbonyl (C=O) groups excluding carboxylic acids is 1. The number of carbonyl (C=O) groups is 1. The van der Waals surface area contributed by atoms with Gasteiger partial charge in [0, 0.05) is 39.5 Å². The van der Waals surface area contributed by atoms with Crippen molar-refractivity contribution >= 4 is 22.5 Å². The zero-order valence-corrected chi connectivity index (χ0v) is 18.4. The molecule has 0 bridgehead atoms. The molecule has 0 radical (unpaired) electrons. The van der Waals surface area contributed by atoms with Crippen molar-refractivity contribution in [2.75, 3.05) is 32.1 Å². The Labute approximate surface area is 186 Å². The van der Waals surface area contributed by atoms with Crippen LogP contribution in [0.25, 0.3) is 10.9 Å². The highest BCUT2D eigenvalue weighted by Gasteiger charge is 2.24.